The summed E-state index contributed by atoms with van der Waals surface area (Å²) in [4.78, 5) is 11.6. The first-order valence-electron chi connectivity index (χ1n) is 5.99. The lowest BCUT2D eigenvalue weighted by Gasteiger charge is -2.21. The molecule has 100 valence electrons. The van der Waals surface area contributed by atoms with Crippen LogP contribution in [0.15, 0.2) is 28.7 Å². The summed E-state index contributed by atoms with van der Waals surface area (Å²) in [6.07, 6.45) is 0. The predicted octanol–water partition coefficient (Wildman–Crippen LogP) is 3.44. The van der Waals surface area contributed by atoms with Gasteiger partial charge in [-0.05, 0) is 39.3 Å². The number of carbonyl (C=O) groups excluding carboxylic acids is 1. The van der Waals surface area contributed by atoms with Crippen molar-refractivity contribution in [3.8, 4) is 0 Å². The Morgan fingerprint density at radius 3 is 2.56 bits per heavy atom. The van der Waals surface area contributed by atoms with Crippen LogP contribution in [0, 0.1) is 0 Å². The van der Waals surface area contributed by atoms with Crippen LogP contribution in [0.4, 0.5) is 0 Å². The molecule has 0 aliphatic rings. The van der Waals surface area contributed by atoms with Gasteiger partial charge in [-0.3, -0.25) is 4.79 Å². The van der Waals surface area contributed by atoms with Gasteiger partial charge in [0.1, 0.15) is 5.60 Å². The molecule has 3 nitrogen and oxygen atoms in total. The molecule has 0 saturated carbocycles. The minimum Gasteiger partial charge on any atom is -0.459 e. The molecule has 0 fully saturated rings. The third kappa shape index (κ3) is 5.19. The first-order chi connectivity index (χ1) is 8.29. The molecule has 0 aliphatic carbocycles. The van der Waals surface area contributed by atoms with E-state index < -0.39 is 5.60 Å². The third-order valence-electron chi connectivity index (χ3n) is 2.34. The highest BCUT2D eigenvalue weighted by Crippen LogP contribution is 2.22. The van der Waals surface area contributed by atoms with Crippen LogP contribution in [0.3, 0.4) is 0 Å². The van der Waals surface area contributed by atoms with Gasteiger partial charge in [0.25, 0.3) is 0 Å². The fourth-order valence-corrected chi connectivity index (χ4v) is 2.18. The van der Waals surface area contributed by atoms with E-state index in [2.05, 4.69) is 21.2 Å². The number of nitrogens with one attached hydrogen (secondary N) is 1. The van der Waals surface area contributed by atoms with Crippen molar-refractivity contribution < 1.29 is 9.53 Å². The Hall–Kier alpha value is -0.870. The monoisotopic (exact) mass is 313 g/mol. The Morgan fingerprint density at radius 2 is 2.00 bits per heavy atom. The topological polar surface area (TPSA) is 38.3 Å². The molecule has 4 heteroatoms. The Bertz CT molecular complexity index is 413. The van der Waals surface area contributed by atoms with Crippen LogP contribution in [-0.4, -0.2) is 18.1 Å². The van der Waals surface area contributed by atoms with Crippen LogP contribution in [0.25, 0.3) is 0 Å². The van der Waals surface area contributed by atoms with E-state index >= 15 is 0 Å². The summed E-state index contributed by atoms with van der Waals surface area (Å²) in [5.41, 5.74) is 0.691. The second-order valence-electron chi connectivity index (χ2n) is 5.21. The number of carbonyl (C=O) groups is 1. The van der Waals surface area contributed by atoms with Crippen molar-refractivity contribution in [2.75, 3.05) is 6.54 Å². The van der Waals surface area contributed by atoms with Crippen LogP contribution in [0.5, 0.6) is 0 Å². The van der Waals surface area contributed by atoms with Gasteiger partial charge in [0.05, 0.1) is 6.54 Å². The van der Waals surface area contributed by atoms with Gasteiger partial charge in [-0.1, -0.05) is 34.1 Å². The van der Waals surface area contributed by atoms with Gasteiger partial charge in [0, 0.05) is 10.5 Å². The largest absolute Gasteiger partial charge is 0.459 e. The first-order valence-corrected chi connectivity index (χ1v) is 6.78. The SMILES string of the molecule is C[C@@H](NCC(=O)OC(C)(C)C)c1ccccc1Br. The molecule has 0 unspecified atom stereocenters. The fraction of sp³-hybridized carbons (Fsp3) is 0.500. The Morgan fingerprint density at radius 1 is 1.39 bits per heavy atom. The number of ether oxygens (including phenoxy) is 1. The molecule has 18 heavy (non-hydrogen) atoms. The van der Waals surface area contributed by atoms with Gasteiger partial charge in [0.15, 0.2) is 0 Å². The Labute approximate surface area is 117 Å². The smallest absolute Gasteiger partial charge is 0.320 e. The molecule has 0 radical (unpaired) electrons. The van der Waals surface area contributed by atoms with Gasteiger partial charge in [-0.15, -0.1) is 0 Å². The lowest BCUT2D eigenvalue weighted by Crippen LogP contribution is -2.32. The molecule has 1 atom stereocenters. The van der Waals surface area contributed by atoms with Crippen molar-refractivity contribution in [3.05, 3.63) is 34.3 Å². The van der Waals surface area contributed by atoms with Crippen LogP contribution in [-0.2, 0) is 9.53 Å². The Kier molecular flexibility index (Phi) is 5.35. The van der Waals surface area contributed by atoms with E-state index in [1.807, 2.05) is 52.0 Å². The van der Waals surface area contributed by atoms with E-state index in [1.165, 1.54) is 0 Å². The van der Waals surface area contributed by atoms with Crippen LogP contribution < -0.4 is 5.32 Å². The number of hydrogen-bond donors (Lipinski definition) is 1. The average Bonchev–Trinajstić information content (AvgIpc) is 2.24. The minimum absolute atomic E-state index is 0.0908. The van der Waals surface area contributed by atoms with Crippen molar-refractivity contribution in [2.24, 2.45) is 0 Å². The maximum Gasteiger partial charge on any atom is 0.320 e. The van der Waals surface area contributed by atoms with Crippen LogP contribution in [0.1, 0.15) is 39.3 Å². The van der Waals surface area contributed by atoms with Gasteiger partial charge in [-0.2, -0.15) is 0 Å². The van der Waals surface area contributed by atoms with Gasteiger partial charge in [-0.25, -0.2) is 0 Å². The van der Waals surface area contributed by atoms with Crippen molar-refractivity contribution in [1.82, 2.24) is 5.32 Å². The molecule has 0 spiro atoms. The van der Waals surface area contributed by atoms with Gasteiger partial charge in [0.2, 0.25) is 0 Å². The zero-order valence-electron chi connectivity index (χ0n) is 11.3. The Balaban J connectivity index is 2.49. The summed E-state index contributed by atoms with van der Waals surface area (Å²) >= 11 is 3.50. The number of halogens is 1. The second kappa shape index (κ2) is 6.34. The van der Waals surface area contributed by atoms with E-state index in [-0.39, 0.29) is 18.6 Å². The minimum atomic E-state index is -0.435. The lowest BCUT2D eigenvalue weighted by atomic mass is 10.1. The molecule has 0 amide bonds. The summed E-state index contributed by atoms with van der Waals surface area (Å²) < 4.78 is 6.28. The van der Waals surface area contributed by atoms with Crippen LogP contribution >= 0.6 is 15.9 Å². The zero-order valence-corrected chi connectivity index (χ0v) is 12.9. The van der Waals surface area contributed by atoms with Crippen molar-refractivity contribution >= 4 is 21.9 Å². The molecular formula is C14H20BrNO2. The molecule has 1 N–H and O–H groups in total. The normalized spacial score (nSPS) is 13.2. The average molecular weight is 314 g/mol. The highest BCUT2D eigenvalue weighted by atomic mass is 79.9. The molecule has 1 aromatic rings. The van der Waals surface area contributed by atoms with Crippen LogP contribution in [0.2, 0.25) is 0 Å². The number of esters is 1. The summed E-state index contributed by atoms with van der Waals surface area (Å²) in [5, 5.41) is 3.16. The molecule has 1 rings (SSSR count). The van der Waals surface area contributed by atoms with E-state index in [1.54, 1.807) is 0 Å². The van der Waals surface area contributed by atoms with Crippen molar-refractivity contribution in [2.45, 2.75) is 39.3 Å². The molecule has 0 bridgehead atoms. The molecule has 0 aromatic heterocycles. The highest BCUT2D eigenvalue weighted by molar-refractivity contribution is 9.10. The zero-order chi connectivity index (χ0) is 13.8. The first kappa shape index (κ1) is 15.2. The van der Waals surface area contributed by atoms with Gasteiger partial charge >= 0.3 is 5.97 Å². The number of benzene rings is 1. The maximum atomic E-state index is 11.6. The summed E-state index contributed by atoms with van der Waals surface area (Å²) in [6.45, 7) is 7.82. The van der Waals surface area contributed by atoms with E-state index in [0.29, 0.717) is 0 Å². The van der Waals surface area contributed by atoms with E-state index in [9.17, 15) is 4.79 Å². The van der Waals surface area contributed by atoms with Crippen molar-refractivity contribution in [1.29, 1.82) is 0 Å². The quantitative estimate of drug-likeness (QED) is 0.865. The summed E-state index contributed by atoms with van der Waals surface area (Å²) in [5.74, 6) is -0.235. The molecule has 0 heterocycles. The highest BCUT2D eigenvalue weighted by Gasteiger charge is 2.17. The summed E-state index contributed by atoms with van der Waals surface area (Å²) in [7, 11) is 0. The lowest BCUT2D eigenvalue weighted by molar-refractivity contribution is -0.153. The van der Waals surface area contributed by atoms with E-state index in [0.717, 1.165) is 10.0 Å². The van der Waals surface area contributed by atoms with Crippen molar-refractivity contribution in [3.63, 3.8) is 0 Å². The third-order valence-corrected chi connectivity index (χ3v) is 3.07. The number of hydrogen-bond acceptors (Lipinski definition) is 3. The maximum absolute atomic E-state index is 11.6. The predicted molar refractivity (Wildman–Crippen MR) is 76.4 cm³/mol. The summed E-state index contributed by atoms with van der Waals surface area (Å²) in [6, 6.07) is 8.05. The molecular weight excluding hydrogens is 294 g/mol. The standard InChI is InChI=1S/C14H20BrNO2/c1-10(11-7-5-6-8-12(11)15)16-9-13(17)18-14(2,3)4/h5-8,10,16H,9H2,1-4H3/t10-/m1/s1. The van der Waals surface area contributed by atoms with E-state index in [4.69, 9.17) is 4.74 Å². The molecule has 0 aliphatic heterocycles. The molecule has 0 saturated heterocycles. The molecule has 1 aromatic carbocycles. The number of rotatable bonds is 4. The second-order valence-corrected chi connectivity index (χ2v) is 6.06. The van der Waals surface area contributed by atoms with Gasteiger partial charge < -0.3 is 10.1 Å². The fourth-order valence-electron chi connectivity index (χ4n) is 1.55.